The molecule has 2 heterocycles. The lowest BCUT2D eigenvalue weighted by Crippen LogP contribution is -2.49. The summed E-state index contributed by atoms with van der Waals surface area (Å²) < 4.78 is 28.6. The van der Waals surface area contributed by atoms with Crippen molar-refractivity contribution in [2.45, 2.75) is 30.7 Å². The third kappa shape index (κ3) is 4.63. The second-order valence-corrected chi connectivity index (χ2v) is 11.0. The molecule has 35 heavy (non-hydrogen) atoms. The van der Waals surface area contributed by atoms with Crippen molar-refractivity contribution in [3.05, 3.63) is 95.6 Å². The summed E-state index contributed by atoms with van der Waals surface area (Å²) in [5.41, 5.74) is 4.19. The van der Waals surface area contributed by atoms with Crippen molar-refractivity contribution in [2.24, 2.45) is 0 Å². The van der Waals surface area contributed by atoms with Crippen molar-refractivity contribution >= 4 is 21.6 Å². The molecule has 1 amide bonds. The van der Waals surface area contributed by atoms with Gasteiger partial charge in [0, 0.05) is 44.8 Å². The number of amides is 1. The first-order chi connectivity index (χ1) is 17.0. The molecular formula is C28H31N3O3S. The lowest BCUT2D eigenvalue weighted by atomic mass is 9.96. The van der Waals surface area contributed by atoms with Gasteiger partial charge in [-0.15, -0.1) is 0 Å². The highest BCUT2D eigenvalue weighted by Gasteiger charge is 2.33. The largest absolute Gasteiger partial charge is 0.312 e. The van der Waals surface area contributed by atoms with E-state index >= 15 is 0 Å². The smallest absolute Gasteiger partial charge is 0.243 e. The van der Waals surface area contributed by atoms with E-state index in [1.165, 1.54) is 11.1 Å². The molecule has 3 aromatic carbocycles. The van der Waals surface area contributed by atoms with Crippen molar-refractivity contribution in [3.63, 3.8) is 0 Å². The standard InChI is InChI=1S/C28H31N3O3S/c1-2-27(32)31-16-15-24-21-25(13-14-26(24)31)35(33,34)30-19-17-29(18-20-30)28(22-9-5-3-6-10-22)23-11-7-4-8-12-23/h3-14,21,28H,2,15-20H2,1H3. The lowest BCUT2D eigenvalue weighted by molar-refractivity contribution is -0.118. The minimum Gasteiger partial charge on any atom is -0.312 e. The molecule has 0 aromatic heterocycles. The van der Waals surface area contributed by atoms with Crippen molar-refractivity contribution in [2.75, 3.05) is 37.6 Å². The Bertz CT molecular complexity index is 1250. The Labute approximate surface area is 207 Å². The maximum atomic E-state index is 13.5. The number of sulfonamides is 1. The third-order valence-corrected chi connectivity index (χ3v) is 8.95. The monoisotopic (exact) mass is 489 g/mol. The zero-order valence-electron chi connectivity index (χ0n) is 20.0. The van der Waals surface area contributed by atoms with Gasteiger partial charge in [0.15, 0.2) is 0 Å². The number of hydrogen-bond acceptors (Lipinski definition) is 4. The number of carbonyl (C=O) groups is 1. The van der Waals surface area contributed by atoms with Gasteiger partial charge in [-0.1, -0.05) is 67.6 Å². The van der Waals surface area contributed by atoms with Gasteiger partial charge in [-0.25, -0.2) is 8.42 Å². The minimum absolute atomic E-state index is 0.0712. The Balaban J connectivity index is 1.34. The molecule has 7 heteroatoms. The Morgan fingerprint density at radius 1 is 0.829 bits per heavy atom. The maximum absolute atomic E-state index is 13.5. The summed E-state index contributed by atoms with van der Waals surface area (Å²) in [6.45, 7) is 4.64. The molecule has 0 unspecified atom stereocenters. The van der Waals surface area contributed by atoms with Gasteiger partial charge in [0.05, 0.1) is 10.9 Å². The number of fused-ring (bicyclic) bond motifs is 1. The molecule has 1 fully saturated rings. The first kappa shape index (κ1) is 23.7. The van der Waals surface area contributed by atoms with Crippen LogP contribution in [0.2, 0.25) is 0 Å². The number of rotatable bonds is 6. The van der Waals surface area contributed by atoms with Gasteiger partial charge in [0.2, 0.25) is 15.9 Å². The predicted molar refractivity (Wildman–Crippen MR) is 138 cm³/mol. The van der Waals surface area contributed by atoms with Crippen LogP contribution in [-0.4, -0.2) is 56.3 Å². The van der Waals surface area contributed by atoms with Gasteiger partial charge >= 0.3 is 0 Å². The van der Waals surface area contributed by atoms with Gasteiger partial charge < -0.3 is 4.90 Å². The number of benzene rings is 3. The Kier molecular flexibility index (Phi) is 6.73. The van der Waals surface area contributed by atoms with E-state index in [0.29, 0.717) is 50.5 Å². The zero-order valence-corrected chi connectivity index (χ0v) is 20.8. The summed E-state index contributed by atoms with van der Waals surface area (Å²) in [6.07, 6.45) is 1.13. The average Bonchev–Trinajstić information content (AvgIpc) is 3.33. The van der Waals surface area contributed by atoms with Gasteiger partial charge in [0.25, 0.3) is 0 Å². The molecule has 0 N–H and O–H groups in total. The van der Waals surface area contributed by atoms with E-state index in [1.807, 2.05) is 19.1 Å². The van der Waals surface area contributed by atoms with E-state index in [0.717, 1.165) is 11.3 Å². The van der Waals surface area contributed by atoms with E-state index in [2.05, 4.69) is 53.4 Å². The molecule has 5 rings (SSSR count). The first-order valence-electron chi connectivity index (χ1n) is 12.3. The molecule has 0 radical (unpaired) electrons. The number of hydrogen-bond donors (Lipinski definition) is 0. The number of anilines is 1. The second kappa shape index (κ2) is 9.93. The van der Waals surface area contributed by atoms with Gasteiger partial charge in [-0.2, -0.15) is 4.31 Å². The van der Waals surface area contributed by atoms with Crippen LogP contribution in [0.5, 0.6) is 0 Å². The van der Waals surface area contributed by atoms with E-state index in [1.54, 1.807) is 27.4 Å². The zero-order chi connectivity index (χ0) is 24.4. The van der Waals surface area contributed by atoms with E-state index in [4.69, 9.17) is 0 Å². The van der Waals surface area contributed by atoms with Crippen LogP contribution in [0.15, 0.2) is 83.8 Å². The molecule has 0 aliphatic carbocycles. The van der Waals surface area contributed by atoms with Crippen LogP contribution >= 0.6 is 0 Å². The fourth-order valence-corrected chi connectivity index (χ4v) is 6.70. The molecule has 3 aromatic rings. The fraction of sp³-hybridized carbons (Fsp3) is 0.321. The number of piperazine rings is 1. The molecule has 0 spiro atoms. The van der Waals surface area contributed by atoms with Crippen LogP contribution in [0.1, 0.15) is 36.1 Å². The van der Waals surface area contributed by atoms with Crippen LogP contribution in [0.25, 0.3) is 0 Å². The number of nitrogens with zero attached hydrogens (tertiary/aromatic N) is 3. The first-order valence-corrected chi connectivity index (χ1v) is 13.7. The third-order valence-electron chi connectivity index (χ3n) is 7.06. The lowest BCUT2D eigenvalue weighted by Gasteiger charge is -2.39. The normalized spacial score (nSPS) is 17.0. The molecule has 0 atom stereocenters. The van der Waals surface area contributed by atoms with Crippen LogP contribution < -0.4 is 4.90 Å². The molecule has 2 aliphatic heterocycles. The van der Waals surface area contributed by atoms with Crippen LogP contribution in [0.3, 0.4) is 0 Å². The SMILES string of the molecule is CCC(=O)N1CCc2cc(S(=O)(=O)N3CCN(C(c4ccccc4)c4ccccc4)CC3)ccc21. The van der Waals surface area contributed by atoms with Gasteiger partial charge in [-0.3, -0.25) is 9.69 Å². The van der Waals surface area contributed by atoms with Crippen LogP contribution in [-0.2, 0) is 21.2 Å². The quantitative estimate of drug-likeness (QED) is 0.524. The van der Waals surface area contributed by atoms with Crippen molar-refractivity contribution < 1.29 is 13.2 Å². The summed E-state index contributed by atoms with van der Waals surface area (Å²) in [5, 5.41) is 0. The van der Waals surface area contributed by atoms with E-state index in [-0.39, 0.29) is 11.9 Å². The number of carbonyl (C=O) groups excluding carboxylic acids is 1. The average molecular weight is 490 g/mol. The maximum Gasteiger partial charge on any atom is 0.243 e. The molecule has 6 nitrogen and oxygen atoms in total. The van der Waals surface area contributed by atoms with E-state index in [9.17, 15) is 13.2 Å². The minimum atomic E-state index is -3.60. The Hall–Kier alpha value is -3.00. The van der Waals surface area contributed by atoms with Crippen LogP contribution in [0, 0.1) is 0 Å². The highest BCUT2D eigenvalue weighted by atomic mass is 32.2. The molecule has 1 saturated heterocycles. The summed E-state index contributed by atoms with van der Waals surface area (Å²) >= 11 is 0. The highest BCUT2D eigenvalue weighted by molar-refractivity contribution is 7.89. The molecular weight excluding hydrogens is 458 g/mol. The molecule has 0 bridgehead atoms. The van der Waals surface area contributed by atoms with E-state index < -0.39 is 10.0 Å². The molecule has 182 valence electrons. The van der Waals surface area contributed by atoms with Crippen molar-refractivity contribution in [1.82, 2.24) is 9.21 Å². The summed E-state index contributed by atoms with van der Waals surface area (Å²) in [4.78, 5) is 16.6. The topological polar surface area (TPSA) is 60.9 Å². The molecule has 0 saturated carbocycles. The molecule has 2 aliphatic rings. The van der Waals surface area contributed by atoms with Crippen LogP contribution in [0.4, 0.5) is 5.69 Å². The highest BCUT2D eigenvalue weighted by Crippen LogP contribution is 2.33. The van der Waals surface area contributed by atoms with Crippen molar-refractivity contribution in [3.8, 4) is 0 Å². The summed E-state index contributed by atoms with van der Waals surface area (Å²) in [5.74, 6) is 0.0712. The predicted octanol–water partition coefficient (Wildman–Crippen LogP) is 4.08. The fourth-order valence-electron chi connectivity index (χ4n) is 5.22. The Morgan fingerprint density at radius 3 is 2.00 bits per heavy atom. The van der Waals surface area contributed by atoms with Gasteiger partial charge in [-0.05, 0) is 41.3 Å². The summed E-state index contributed by atoms with van der Waals surface area (Å²) in [7, 11) is -3.60. The summed E-state index contributed by atoms with van der Waals surface area (Å²) in [6, 6.07) is 26.1. The van der Waals surface area contributed by atoms with Gasteiger partial charge in [0.1, 0.15) is 0 Å². The van der Waals surface area contributed by atoms with Crippen molar-refractivity contribution in [1.29, 1.82) is 0 Å². The Morgan fingerprint density at radius 2 is 1.43 bits per heavy atom. The second-order valence-electron chi connectivity index (χ2n) is 9.10.